The second kappa shape index (κ2) is 9.35. The van der Waals surface area contributed by atoms with E-state index in [1.165, 1.54) is 19.3 Å². The smallest absolute Gasteiger partial charge is 0.254 e. The van der Waals surface area contributed by atoms with E-state index < -0.39 is 0 Å². The number of aromatic amines is 1. The number of H-pyrrole nitrogens is 1. The number of nitrogens with zero attached hydrogens (tertiary/aromatic N) is 4. The Balaban J connectivity index is 1.28. The summed E-state index contributed by atoms with van der Waals surface area (Å²) < 4.78 is 5.81. The molecule has 6 rings (SSSR count). The highest BCUT2D eigenvalue weighted by Crippen LogP contribution is 2.39. The molecule has 2 aliphatic heterocycles. The summed E-state index contributed by atoms with van der Waals surface area (Å²) in [6.45, 7) is 3.81. The zero-order valence-corrected chi connectivity index (χ0v) is 20.1. The van der Waals surface area contributed by atoms with Crippen molar-refractivity contribution in [3.8, 4) is 6.07 Å². The minimum Gasteiger partial charge on any atom is -0.376 e. The lowest BCUT2D eigenvalue weighted by atomic mass is 9.82. The van der Waals surface area contributed by atoms with E-state index in [-0.39, 0.29) is 5.91 Å². The Morgan fingerprint density at radius 1 is 1.09 bits per heavy atom. The maximum absolute atomic E-state index is 13.3. The zero-order valence-electron chi connectivity index (χ0n) is 20.1. The average Bonchev–Trinajstić information content (AvgIpc) is 3.41. The number of benzene rings is 1. The lowest BCUT2D eigenvalue weighted by molar-refractivity contribution is 0.0748. The van der Waals surface area contributed by atoms with Gasteiger partial charge >= 0.3 is 0 Å². The Bertz CT molecular complexity index is 1290. The van der Waals surface area contributed by atoms with Crippen molar-refractivity contribution in [2.75, 3.05) is 37.7 Å². The van der Waals surface area contributed by atoms with E-state index in [4.69, 9.17) is 9.72 Å². The molecule has 3 aliphatic rings. The first kappa shape index (κ1) is 22.1. The molecule has 0 atom stereocenters. The zero-order chi connectivity index (χ0) is 23.8. The summed E-state index contributed by atoms with van der Waals surface area (Å²) in [6, 6.07) is 10.3. The van der Waals surface area contributed by atoms with Crippen molar-refractivity contribution in [2.45, 2.75) is 51.0 Å². The first-order valence-corrected chi connectivity index (χ1v) is 12.9. The van der Waals surface area contributed by atoms with Gasteiger partial charge in [-0.05, 0) is 43.0 Å². The molecule has 7 nitrogen and oxygen atoms in total. The number of anilines is 1. The summed E-state index contributed by atoms with van der Waals surface area (Å²) in [4.78, 5) is 25.9. The van der Waals surface area contributed by atoms with Crippen LogP contribution in [0.4, 0.5) is 5.82 Å². The second-order valence-electron chi connectivity index (χ2n) is 9.93. The van der Waals surface area contributed by atoms with E-state index >= 15 is 0 Å². The van der Waals surface area contributed by atoms with Gasteiger partial charge in [-0.1, -0.05) is 25.3 Å². The Labute approximate surface area is 205 Å². The van der Waals surface area contributed by atoms with E-state index in [0.717, 1.165) is 58.4 Å². The van der Waals surface area contributed by atoms with Crippen LogP contribution in [0.1, 0.15) is 70.8 Å². The minimum absolute atomic E-state index is 0.0637. The number of nitrogens with one attached hydrogen (secondary N) is 1. The van der Waals surface area contributed by atoms with E-state index in [1.807, 2.05) is 35.4 Å². The van der Waals surface area contributed by atoms with Crippen molar-refractivity contribution in [2.24, 2.45) is 0 Å². The Morgan fingerprint density at radius 3 is 2.71 bits per heavy atom. The normalized spacial score (nSPS) is 18.9. The molecule has 2 fully saturated rings. The molecule has 0 radical (unpaired) electrons. The van der Waals surface area contributed by atoms with Crippen molar-refractivity contribution in [3.63, 3.8) is 0 Å². The Hall–Kier alpha value is -3.37. The van der Waals surface area contributed by atoms with Crippen LogP contribution in [0.25, 0.3) is 10.9 Å². The highest BCUT2D eigenvalue weighted by atomic mass is 16.5. The molecule has 7 heteroatoms. The molecule has 1 saturated carbocycles. The largest absolute Gasteiger partial charge is 0.376 e. The third-order valence-electron chi connectivity index (χ3n) is 7.96. The molecule has 0 bridgehead atoms. The topological polar surface area (TPSA) is 85.3 Å². The molecule has 4 heterocycles. The van der Waals surface area contributed by atoms with Crippen LogP contribution in [0.5, 0.6) is 0 Å². The summed E-state index contributed by atoms with van der Waals surface area (Å²) in [5, 5.41) is 11.1. The van der Waals surface area contributed by atoms with Crippen molar-refractivity contribution in [1.29, 1.82) is 5.26 Å². The van der Waals surface area contributed by atoms with Crippen LogP contribution in [-0.4, -0.2) is 53.6 Å². The number of piperazine rings is 1. The first-order valence-electron chi connectivity index (χ1n) is 12.9. The molecule has 3 aromatic rings. The number of hydrogen-bond acceptors (Lipinski definition) is 5. The fourth-order valence-corrected chi connectivity index (χ4v) is 6.09. The van der Waals surface area contributed by atoms with Crippen LogP contribution in [0.3, 0.4) is 0 Å². The van der Waals surface area contributed by atoms with E-state index in [9.17, 15) is 10.1 Å². The number of ether oxygens (including phenoxy) is 1. The third kappa shape index (κ3) is 3.96. The molecule has 1 saturated heterocycles. The monoisotopic (exact) mass is 469 g/mol. The predicted octanol–water partition coefficient (Wildman–Crippen LogP) is 4.52. The fourth-order valence-electron chi connectivity index (χ4n) is 6.09. The van der Waals surface area contributed by atoms with Gasteiger partial charge in [-0.3, -0.25) is 4.79 Å². The van der Waals surface area contributed by atoms with Crippen LogP contribution < -0.4 is 4.90 Å². The summed E-state index contributed by atoms with van der Waals surface area (Å²) >= 11 is 0. The number of carbonyl (C=O) groups is 1. The van der Waals surface area contributed by atoms with Gasteiger partial charge in [0.05, 0.1) is 24.5 Å². The van der Waals surface area contributed by atoms with Gasteiger partial charge < -0.3 is 19.5 Å². The van der Waals surface area contributed by atoms with Gasteiger partial charge in [0.1, 0.15) is 11.9 Å². The second-order valence-corrected chi connectivity index (χ2v) is 9.93. The summed E-state index contributed by atoms with van der Waals surface area (Å²) in [5.74, 6) is 1.33. The lowest BCUT2D eigenvalue weighted by Gasteiger charge is -2.37. The highest BCUT2D eigenvalue weighted by Gasteiger charge is 2.31. The maximum atomic E-state index is 13.3. The lowest BCUT2D eigenvalue weighted by Crippen LogP contribution is -2.49. The molecule has 0 unspecified atom stereocenters. The molecule has 0 spiro atoms. The number of aromatic nitrogens is 2. The van der Waals surface area contributed by atoms with Crippen LogP contribution in [0, 0.1) is 11.3 Å². The molecule has 35 heavy (non-hydrogen) atoms. The number of hydrogen-bond donors (Lipinski definition) is 1. The molecule has 1 N–H and O–H groups in total. The van der Waals surface area contributed by atoms with Gasteiger partial charge in [-0.25, -0.2) is 4.98 Å². The number of amides is 1. The van der Waals surface area contributed by atoms with Crippen molar-refractivity contribution >= 4 is 22.6 Å². The number of carbonyl (C=O) groups excluding carboxylic acids is 1. The Morgan fingerprint density at radius 2 is 1.91 bits per heavy atom. The molecular weight excluding hydrogens is 438 g/mol. The molecule has 2 aromatic heterocycles. The SMILES string of the molecule is N#Cc1c(N2CCN(C(=O)c3cccc4[nH]ccc34)CC2)nc(C2CCCCC2)c2c1CCOC2. The average molecular weight is 470 g/mol. The highest BCUT2D eigenvalue weighted by molar-refractivity contribution is 6.06. The first-order chi connectivity index (χ1) is 17.2. The van der Waals surface area contributed by atoms with Gasteiger partial charge in [-0.15, -0.1) is 0 Å². The molecular formula is C28H31N5O2. The summed E-state index contributed by atoms with van der Waals surface area (Å²) in [7, 11) is 0. The number of nitriles is 1. The predicted molar refractivity (Wildman–Crippen MR) is 135 cm³/mol. The number of rotatable bonds is 3. The van der Waals surface area contributed by atoms with Crippen molar-refractivity contribution in [1.82, 2.24) is 14.9 Å². The van der Waals surface area contributed by atoms with E-state index in [1.54, 1.807) is 0 Å². The van der Waals surface area contributed by atoms with E-state index in [0.29, 0.717) is 50.9 Å². The molecule has 180 valence electrons. The van der Waals surface area contributed by atoms with Crippen LogP contribution in [0.15, 0.2) is 30.5 Å². The van der Waals surface area contributed by atoms with Crippen molar-refractivity contribution in [3.05, 3.63) is 58.4 Å². The van der Waals surface area contributed by atoms with Gasteiger partial charge in [0.25, 0.3) is 5.91 Å². The van der Waals surface area contributed by atoms with Gasteiger partial charge in [0.2, 0.25) is 0 Å². The van der Waals surface area contributed by atoms with E-state index in [2.05, 4.69) is 16.0 Å². The van der Waals surface area contributed by atoms with Gasteiger partial charge in [0.15, 0.2) is 0 Å². The molecule has 1 amide bonds. The quantitative estimate of drug-likeness (QED) is 0.610. The van der Waals surface area contributed by atoms with Crippen LogP contribution >= 0.6 is 0 Å². The van der Waals surface area contributed by atoms with Gasteiger partial charge in [0, 0.05) is 60.3 Å². The maximum Gasteiger partial charge on any atom is 0.254 e. The number of pyridine rings is 1. The number of fused-ring (bicyclic) bond motifs is 2. The Kier molecular flexibility index (Phi) is 5.91. The summed E-state index contributed by atoms with van der Waals surface area (Å²) in [6.07, 6.45) is 8.75. The third-order valence-corrected chi connectivity index (χ3v) is 7.96. The van der Waals surface area contributed by atoms with Gasteiger partial charge in [-0.2, -0.15) is 5.26 Å². The van der Waals surface area contributed by atoms with Crippen LogP contribution in [0.2, 0.25) is 0 Å². The molecule has 1 aromatic carbocycles. The molecule has 1 aliphatic carbocycles. The van der Waals surface area contributed by atoms with Crippen LogP contribution in [-0.2, 0) is 17.8 Å². The van der Waals surface area contributed by atoms with Crippen molar-refractivity contribution < 1.29 is 9.53 Å². The summed E-state index contributed by atoms with van der Waals surface area (Å²) in [5.41, 5.74) is 5.89. The fraction of sp³-hybridized carbons (Fsp3) is 0.464. The standard InChI is InChI=1S/C28H31N5O2/c29-17-23-20-10-16-35-18-24(20)26(19-5-2-1-3-6-19)31-27(23)32-12-14-33(15-13-32)28(34)22-7-4-8-25-21(22)9-11-30-25/h4,7-9,11,19,30H,1-3,5-6,10,12-16,18H2. The minimum atomic E-state index is 0.0637.